The summed E-state index contributed by atoms with van der Waals surface area (Å²) in [6, 6.07) is 0. The van der Waals surface area contributed by atoms with Gasteiger partial charge in [0.05, 0.1) is 5.39 Å². The number of nitrogens with zero attached hydrogens (tertiary/aromatic N) is 2. The molecule has 0 fully saturated rings. The third kappa shape index (κ3) is 1.28. The first-order valence-corrected chi connectivity index (χ1v) is 6.25. The van der Waals surface area contributed by atoms with E-state index in [1.165, 1.54) is 16.8 Å². The molecule has 2 heterocycles. The molecule has 0 radical (unpaired) electrons. The van der Waals surface area contributed by atoms with E-state index < -0.39 is 0 Å². The van der Waals surface area contributed by atoms with Crippen molar-refractivity contribution in [3.05, 3.63) is 27.1 Å². The molecular formula is C11H13N3OS. The van der Waals surface area contributed by atoms with Gasteiger partial charge in [-0.05, 0) is 30.7 Å². The lowest BCUT2D eigenvalue weighted by atomic mass is 9.89. The van der Waals surface area contributed by atoms with Crippen LogP contribution in [-0.4, -0.2) is 9.66 Å². The highest BCUT2D eigenvalue weighted by Crippen LogP contribution is 2.35. The summed E-state index contributed by atoms with van der Waals surface area (Å²) in [6.45, 7) is 2.25. The smallest absolute Gasteiger partial charge is 0.280 e. The summed E-state index contributed by atoms with van der Waals surface area (Å²) in [4.78, 5) is 18.3. The molecule has 0 saturated carbocycles. The molecule has 2 aromatic heterocycles. The summed E-state index contributed by atoms with van der Waals surface area (Å²) in [5.41, 5.74) is 1.08. The van der Waals surface area contributed by atoms with Gasteiger partial charge in [0.1, 0.15) is 11.2 Å². The van der Waals surface area contributed by atoms with E-state index in [-0.39, 0.29) is 5.56 Å². The summed E-state index contributed by atoms with van der Waals surface area (Å²) in [6.07, 6.45) is 4.60. The first-order valence-electron chi connectivity index (χ1n) is 5.44. The summed E-state index contributed by atoms with van der Waals surface area (Å²) in [5, 5.41) is 0.747. The topological polar surface area (TPSA) is 60.9 Å². The van der Waals surface area contributed by atoms with Crippen LogP contribution in [0.4, 0.5) is 0 Å². The molecule has 3 rings (SSSR count). The molecule has 84 valence electrons. The number of thiophene rings is 1. The fraction of sp³-hybridized carbons (Fsp3) is 0.455. The number of hydrogen-bond acceptors (Lipinski definition) is 4. The standard InChI is InChI=1S/C11H13N3OS/c1-6-2-3-7-8(4-6)16-10-9(7)11(15)14(12)5-13-10/h5-6H,2-4,12H2,1H3/t6-/m1/s1. The summed E-state index contributed by atoms with van der Waals surface area (Å²) < 4.78 is 1.08. The molecule has 4 nitrogen and oxygen atoms in total. The van der Waals surface area contributed by atoms with Gasteiger partial charge in [-0.15, -0.1) is 11.3 Å². The Balaban J connectivity index is 2.35. The largest absolute Gasteiger partial charge is 0.335 e. The molecule has 0 aliphatic heterocycles. The average molecular weight is 235 g/mol. The minimum atomic E-state index is -0.114. The van der Waals surface area contributed by atoms with Crippen LogP contribution in [0.15, 0.2) is 11.1 Å². The predicted octanol–water partition coefficient (Wildman–Crippen LogP) is 1.30. The van der Waals surface area contributed by atoms with Crippen LogP contribution >= 0.6 is 11.3 Å². The first-order chi connectivity index (χ1) is 7.66. The number of fused-ring (bicyclic) bond motifs is 3. The Morgan fingerprint density at radius 2 is 2.44 bits per heavy atom. The van der Waals surface area contributed by atoms with Crippen molar-refractivity contribution >= 4 is 21.6 Å². The molecule has 1 aliphatic carbocycles. The molecule has 16 heavy (non-hydrogen) atoms. The second kappa shape index (κ2) is 3.31. The quantitative estimate of drug-likeness (QED) is 0.700. The van der Waals surface area contributed by atoms with Crippen molar-refractivity contribution < 1.29 is 0 Å². The summed E-state index contributed by atoms with van der Waals surface area (Å²) >= 11 is 1.65. The lowest BCUT2D eigenvalue weighted by Crippen LogP contribution is -2.27. The van der Waals surface area contributed by atoms with Gasteiger partial charge in [0.15, 0.2) is 0 Å². The Hall–Kier alpha value is -1.36. The molecule has 1 atom stereocenters. The van der Waals surface area contributed by atoms with E-state index in [9.17, 15) is 4.79 Å². The Kier molecular flexibility index (Phi) is 2.04. The SMILES string of the molecule is C[C@@H]1CCc2c(sc3ncn(N)c(=O)c23)C1. The minimum Gasteiger partial charge on any atom is -0.335 e. The number of aryl methyl sites for hydroxylation is 1. The van der Waals surface area contributed by atoms with E-state index in [1.54, 1.807) is 11.3 Å². The molecule has 2 aromatic rings. The van der Waals surface area contributed by atoms with Crippen LogP contribution in [0.1, 0.15) is 23.8 Å². The van der Waals surface area contributed by atoms with Gasteiger partial charge in [0.25, 0.3) is 5.56 Å². The van der Waals surface area contributed by atoms with Gasteiger partial charge in [-0.25, -0.2) is 9.66 Å². The zero-order valence-electron chi connectivity index (χ0n) is 9.06. The Morgan fingerprint density at radius 3 is 3.25 bits per heavy atom. The number of hydrogen-bond donors (Lipinski definition) is 1. The van der Waals surface area contributed by atoms with Crippen molar-refractivity contribution in [1.29, 1.82) is 0 Å². The number of nitrogen functional groups attached to an aromatic ring is 1. The van der Waals surface area contributed by atoms with E-state index in [1.807, 2.05) is 0 Å². The van der Waals surface area contributed by atoms with Crippen molar-refractivity contribution in [2.24, 2.45) is 5.92 Å². The maximum Gasteiger partial charge on any atom is 0.280 e. The van der Waals surface area contributed by atoms with Crippen LogP contribution in [0.5, 0.6) is 0 Å². The fourth-order valence-electron chi connectivity index (χ4n) is 2.34. The van der Waals surface area contributed by atoms with Crippen LogP contribution in [0.3, 0.4) is 0 Å². The molecule has 0 spiro atoms. The normalized spacial score (nSPS) is 19.9. The second-order valence-electron chi connectivity index (χ2n) is 4.49. The lowest BCUT2D eigenvalue weighted by Gasteiger charge is -2.17. The third-order valence-electron chi connectivity index (χ3n) is 3.24. The van der Waals surface area contributed by atoms with E-state index in [2.05, 4.69) is 11.9 Å². The van der Waals surface area contributed by atoms with Crippen LogP contribution < -0.4 is 11.4 Å². The van der Waals surface area contributed by atoms with E-state index in [4.69, 9.17) is 5.84 Å². The zero-order valence-corrected chi connectivity index (χ0v) is 9.88. The first kappa shape index (κ1) is 9.84. The number of nitrogens with two attached hydrogens (primary N) is 1. The van der Waals surface area contributed by atoms with Gasteiger partial charge in [-0.3, -0.25) is 4.79 Å². The Bertz CT molecular complexity index is 613. The van der Waals surface area contributed by atoms with E-state index in [0.717, 1.165) is 34.2 Å². The van der Waals surface area contributed by atoms with Crippen molar-refractivity contribution in [3.63, 3.8) is 0 Å². The Labute approximate surface area is 96.7 Å². The van der Waals surface area contributed by atoms with Crippen molar-refractivity contribution in [1.82, 2.24) is 9.66 Å². The average Bonchev–Trinajstić information content (AvgIpc) is 2.61. The van der Waals surface area contributed by atoms with Gasteiger partial charge >= 0.3 is 0 Å². The third-order valence-corrected chi connectivity index (χ3v) is 4.40. The van der Waals surface area contributed by atoms with Gasteiger partial charge in [0.2, 0.25) is 0 Å². The van der Waals surface area contributed by atoms with Crippen LogP contribution in [0.25, 0.3) is 10.2 Å². The van der Waals surface area contributed by atoms with Crippen LogP contribution in [0.2, 0.25) is 0 Å². The lowest BCUT2D eigenvalue weighted by molar-refractivity contribution is 0.509. The molecule has 0 saturated heterocycles. The van der Waals surface area contributed by atoms with Crippen LogP contribution in [-0.2, 0) is 12.8 Å². The molecule has 0 aromatic carbocycles. The second-order valence-corrected chi connectivity index (χ2v) is 5.57. The monoisotopic (exact) mass is 235 g/mol. The van der Waals surface area contributed by atoms with Crippen molar-refractivity contribution in [2.75, 3.05) is 5.84 Å². The highest BCUT2D eigenvalue weighted by atomic mass is 32.1. The zero-order chi connectivity index (χ0) is 11.3. The van der Waals surface area contributed by atoms with Gasteiger partial charge in [-0.1, -0.05) is 6.92 Å². The van der Waals surface area contributed by atoms with Gasteiger partial charge in [0, 0.05) is 4.88 Å². The molecule has 5 heteroatoms. The maximum absolute atomic E-state index is 11.9. The van der Waals surface area contributed by atoms with Crippen LogP contribution in [0, 0.1) is 5.92 Å². The highest BCUT2D eigenvalue weighted by molar-refractivity contribution is 7.18. The maximum atomic E-state index is 11.9. The predicted molar refractivity (Wildman–Crippen MR) is 65.2 cm³/mol. The van der Waals surface area contributed by atoms with E-state index >= 15 is 0 Å². The van der Waals surface area contributed by atoms with Gasteiger partial charge in [-0.2, -0.15) is 0 Å². The number of aromatic nitrogens is 2. The van der Waals surface area contributed by atoms with Gasteiger partial charge < -0.3 is 5.84 Å². The fourth-order valence-corrected chi connectivity index (χ4v) is 3.69. The Morgan fingerprint density at radius 1 is 1.62 bits per heavy atom. The van der Waals surface area contributed by atoms with E-state index in [0.29, 0.717) is 5.92 Å². The highest BCUT2D eigenvalue weighted by Gasteiger charge is 2.22. The van der Waals surface area contributed by atoms with Crippen molar-refractivity contribution in [2.45, 2.75) is 26.2 Å². The molecule has 1 aliphatic rings. The molecule has 0 amide bonds. The molecule has 0 bridgehead atoms. The molecule has 0 unspecified atom stereocenters. The molecule has 2 N–H and O–H groups in total. The summed E-state index contributed by atoms with van der Waals surface area (Å²) in [7, 11) is 0. The number of rotatable bonds is 0. The minimum absolute atomic E-state index is 0.114. The van der Waals surface area contributed by atoms with Crippen molar-refractivity contribution in [3.8, 4) is 0 Å². The summed E-state index contributed by atoms with van der Waals surface area (Å²) in [5.74, 6) is 6.26. The molecular weight excluding hydrogens is 222 g/mol.